The summed E-state index contributed by atoms with van der Waals surface area (Å²) in [5.74, 6) is -0.451. The fourth-order valence-corrected chi connectivity index (χ4v) is 8.21. The van der Waals surface area contributed by atoms with Gasteiger partial charge in [0.05, 0.1) is 54.0 Å². The lowest BCUT2D eigenvalue weighted by atomic mass is 9.86. The van der Waals surface area contributed by atoms with Crippen LogP contribution in [0.2, 0.25) is 0 Å². The molecule has 0 N–H and O–H groups in total. The number of nitrogens with zero attached hydrogens (tertiary/aromatic N) is 4. The Morgan fingerprint density at radius 1 is 1.03 bits per heavy atom. The van der Waals surface area contributed by atoms with E-state index in [0.29, 0.717) is 40.4 Å². The second kappa shape index (κ2) is 9.55. The first kappa shape index (κ1) is 25.0. The van der Waals surface area contributed by atoms with Crippen LogP contribution in [0, 0.1) is 6.92 Å². The van der Waals surface area contributed by atoms with E-state index in [0.717, 1.165) is 51.4 Å². The van der Waals surface area contributed by atoms with Gasteiger partial charge in [-0.25, -0.2) is 13.1 Å². The number of hydrogen-bond donors (Lipinski definition) is 0. The second-order valence-electron chi connectivity index (χ2n) is 10.9. The predicted molar refractivity (Wildman–Crippen MR) is 145 cm³/mol. The van der Waals surface area contributed by atoms with Crippen molar-refractivity contribution >= 4 is 15.7 Å². The Kier molecular flexibility index (Phi) is 6.11. The van der Waals surface area contributed by atoms with Gasteiger partial charge in [0, 0.05) is 37.3 Å². The van der Waals surface area contributed by atoms with Crippen LogP contribution in [0.25, 0.3) is 16.9 Å². The number of hydrogen-bond acceptors (Lipinski definition) is 7. The number of ether oxygens (including phenoxy) is 2. The van der Waals surface area contributed by atoms with Gasteiger partial charge < -0.3 is 14.4 Å². The lowest BCUT2D eigenvalue weighted by Gasteiger charge is -2.47. The molecule has 1 aliphatic carbocycles. The third-order valence-corrected chi connectivity index (χ3v) is 10.3. The third-order valence-electron chi connectivity index (χ3n) is 8.49. The lowest BCUT2D eigenvalue weighted by Crippen LogP contribution is -2.59. The number of benzene rings is 2. The molecule has 204 valence electrons. The van der Waals surface area contributed by atoms with Crippen LogP contribution in [-0.2, 0) is 31.6 Å². The molecule has 10 heteroatoms. The number of sulfone groups is 1. The normalized spacial score (nSPS) is 23.9. The van der Waals surface area contributed by atoms with Crippen molar-refractivity contribution in [3.05, 3.63) is 64.8 Å². The fraction of sp³-hybridized carbons (Fsp3) is 0.448. The zero-order valence-electron chi connectivity index (χ0n) is 22.0. The van der Waals surface area contributed by atoms with Crippen molar-refractivity contribution in [2.45, 2.75) is 49.1 Å². The first-order valence-electron chi connectivity index (χ1n) is 13.7. The standard InChI is InChI=1S/C29H32N4O5S/c1-19-3-2-4-22-27-23(18-39(35,36)28(19)22)26(29(34)32-13-16-38-25-10-9-24(25)32)30-33(27)21-7-5-20(6-8-21)17-31-11-14-37-15-12-31/h2-8,24-25H,9-18H2,1H3/t24-,25+/m0/s1. The Hall–Kier alpha value is -3.05. The van der Waals surface area contributed by atoms with Crippen molar-refractivity contribution in [3.8, 4) is 16.9 Å². The van der Waals surface area contributed by atoms with Gasteiger partial charge >= 0.3 is 0 Å². The van der Waals surface area contributed by atoms with Crippen molar-refractivity contribution in [3.63, 3.8) is 0 Å². The second-order valence-corrected chi connectivity index (χ2v) is 12.8. The van der Waals surface area contributed by atoms with Crippen LogP contribution in [0.1, 0.15) is 40.0 Å². The molecule has 2 aromatic carbocycles. The van der Waals surface area contributed by atoms with E-state index in [1.54, 1.807) is 4.68 Å². The average molecular weight is 549 g/mol. The number of rotatable bonds is 4. The highest BCUT2D eigenvalue weighted by atomic mass is 32.2. The molecule has 0 bridgehead atoms. The minimum Gasteiger partial charge on any atom is -0.379 e. The maximum absolute atomic E-state index is 14.0. The van der Waals surface area contributed by atoms with E-state index in [9.17, 15) is 13.2 Å². The molecule has 1 amide bonds. The molecular formula is C29H32N4O5S. The molecule has 2 atom stereocenters. The summed E-state index contributed by atoms with van der Waals surface area (Å²) in [6, 6.07) is 13.7. The maximum Gasteiger partial charge on any atom is 0.275 e. The largest absolute Gasteiger partial charge is 0.379 e. The van der Waals surface area contributed by atoms with Crippen molar-refractivity contribution in [2.75, 3.05) is 39.5 Å². The summed E-state index contributed by atoms with van der Waals surface area (Å²) in [4.78, 5) is 18.5. The van der Waals surface area contributed by atoms with Gasteiger partial charge in [0.25, 0.3) is 5.91 Å². The molecule has 4 aliphatic rings. The van der Waals surface area contributed by atoms with Gasteiger partial charge in [-0.3, -0.25) is 9.69 Å². The minimum absolute atomic E-state index is 0.0289. The van der Waals surface area contributed by atoms with Gasteiger partial charge in [-0.15, -0.1) is 0 Å². The number of fused-ring (bicyclic) bond motifs is 4. The SMILES string of the molecule is Cc1cccc2c1S(=O)(=O)Cc1c(C(=O)N3CCO[C@@H]4CC[C@@H]43)nn(-c3ccc(CN4CCOCC4)cc3)c1-2. The molecule has 39 heavy (non-hydrogen) atoms. The van der Waals surface area contributed by atoms with Gasteiger partial charge in [0.2, 0.25) is 0 Å². The van der Waals surface area contributed by atoms with Crippen LogP contribution >= 0.6 is 0 Å². The zero-order chi connectivity index (χ0) is 26.7. The first-order chi connectivity index (χ1) is 18.9. The van der Waals surface area contributed by atoms with Crippen LogP contribution in [0.4, 0.5) is 0 Å². The van der Waals surface area contributed by atoms with Crippen LogP contribution in [0.3, 0.4) is 0 Å². The summed E-state index contributed by atoms with van der Waals surface area (Å²) in [6.07, 6.45) is 1.90. The zero-order valence-corrected chi connectivity index (χ0v) is 22.8. The van der Waals surface area contributed by atoms with E-state index in [1.165, 1.54) is 5.56 Å². The highest BCUT2D eigenvalue weighted by molar-refractivity contribution is 7.91. The first-order valence-corrected chi connectivity index (χ1v) is 15.3. The molecule has 0 unspecified atom stereocenters. The molecule has 1 saturated carbocycles. The summed E-state index contributed by atoms with van der Waals surface area (Å²) in [5, 5.41) is 4.85. The Bertz CT molecular complexity index is 1540. The number of morpholine rings is 2. The van der Waals surface area contributed by atoms with Crippen molar-refractivity contribution < 1.29 is 22.7 Å². The van der Waals surface area contributed by atoms with Crippen LogP contribution < -0.4 is 0 Å². The highest BCUT2D eigenvalue weighted by Gasteiger charge is 2.44. The third kappa shape index (κ3) is 4.21. The number of carbonyl (C=O) groups excluding carboxylic acids is 1. The quantitative estimate of drug-likeness (QED) is 0.495. The molecule has 3 fully saturated rings. The van der Waals surface area contributed by atoms with E-state index < -0.39 is 9.84 Å². The Morgan fingerprint density at radius 2 is 1.82 bits per heavy atom. The fourth-order valence-electron chi connectivity index (χ4n) is 6.36. The molecule has 0 spiro atoms. The Morgan fingerprint density at radius 3 is 2.56 bits per heavy atom. The highest BCUT2D eigenvalue weighted by Crippen LogP contribution is 2.43. The number of aromatic nitrogens is 2. The van der Waals surface area contributed by atoms with E-state index in [1.807, 2.05) is 42.2 Å². The molecular weight excluding hydrogens is 516 g/mol. The van der Waals surface area contributed by atoms with Crippen molar-refractivity contribution in [2.24, 2.45) is 0 Å². The maximum atomic E-state index is 14.0. The van der Waals surface area contributed by atoms with E-state index >= 15 is 0 Å². The van der Waals surface area contributed by atoms with E-state index in [4.69, 9.17) is 14.6 Å². The van der Waals surface area contributed by atoms with Crippen molar-refractivity contribution in [1.82, 2.24) is 19.6 Å². The number of carbonyl (C=O) groups is 1. The number of aryl methyl sites for hydroxylation is 1. The molecule has 1 aromatic heterocycles. The monoisotopic (exact) mass is 548 g/mol. The molecule has 9 nitrogen and oxygen atoms in total. The molecule has 3 aliphatic heterocycles. The molecule has 7 rings (SSSR count). The Balaban J connectivity index is 1.32. The molecule has 4 heterocycles. The van der Waals surface area contributed by atoms with E-state index in [-0.39, 0.29) is 29.5 Å². The minimum atomic E-state index is -3.64. The summed E-state index contributed by atoms with van der Waals surface area (Å²) in [6.45, 7) is 6.95. The van der Waals surface area contributed by atoms with Crippen LogP contribution in [0.15, 0.2) is 47.4 Å². The van der Waals surface area contributed by atoms with Gasteiger partial charge in [-0.1, -0.05) is 30.3 Å². The van der Waals surface area contributed by atoms with Gasteiger partial charge in [0.1, 0.15) is 0 Å². The number of amides is 1. The lowest BCUT2D eigenvalue weighted by molar-refractivity contribution is -0.106. The molecule has 0 radical (unpaired) electrons. The van der Waals surface area contributed by atoms with Gasteiger partial charge in [-0.05, 0) is 43.0 Å². The molecule has 3 aromatic rings. The van der Waals surface area contributed by atoms with Crippen molar-refractivity contribution in [1.29, 1.82) is 0 Å². The van der Waals surface area contributed by atoms with Gasteiger partial charge in [-0.2, -0.15) is 5.10 Å². The van der Waals surface area contributed by atoms with Crippen LogP contribution in [-0.4, -0.2) is 85.5 Å². The van der Waals surface area contributed by atoms with Crippen LogP contribution in [0.5, 0.6) is 0 Å². The summed E-state index contributed by atoms with van der Waals surface area (Å²) < 4.78 is 40.1. The summed E-state index contributed by atoms with van der Waals surface area (Å²) >= 11 is 0. The summed E-state index contributed by atoms with van der Waals surface area (Å²) in [7, 11) is -3.64. The van der Waals surface area contributed by atoms with E-state index in [2.05, 4.69) is 17.0 Å². The smallest absolute Gasteiger partial charge is 0.275 e. The molecule has 2 saturated heterocycles. The van der Waals surface area contributed by atoms with Gasteiger partial charge in [0.15, 0.2) is 15.5 Å². The average Bonchev–Trinajstić information content (AvgIpc) is 3.28. The predicted octanol–water partition coefficient (Wildman–Crippen LogP) is 2.97. The topological polar surface area (TPSA) is 94.0 Å². The summed E-state index contributed by atoms with van der Waals surface area (Å²) in [5.41, 5.74) is 4.68. The Labute approximate surface area is 228 Å².